The monoisotopic (exact) mass is 387 g/mol. The third kappa shape index (κ3) is 4.26. The quantitative estimate of drug-likeness (QED) is 0.645. The SMILES string of the molecule is Cc1nnc(CN=C(NC2CCCC2)N2CCN(c3cccs3)CC2)n1C. The second kappa shape index (κ2) is 8.29. The molecule has 1 N–H and O–H groups in total. The van der Waals surface area contributed by atoms with Gasteiger partial charge in [-0.25, -0.2) is 4.99 Å². The number of anilines is 1. The molecule has 0 amide bonds. The number of nitrogens with one attached hydrogen (secondary N) is 1. The summed E-state index contributed by atoms with van der Waals surface area (Å²) in [5.74, 6) is 2.87. The molecule has 1 aliphatic heterocycles. The van der Waals surface area contributed by atoms with Gasteiger partial charge in [0, 0.05) is 39.3 Å². The number of aromatic nitrogens is 3. The van der Waals surface area contributed by atoms with Crippen molar-refractivity contribution in [1.82, 2.24) is 25.0 Å². The molecule has 2 aliphatic rings. The van der Waals surface area contributed by atoms with Gasteiger partial charge in [0.1, 0.15) is 12.4 Å². The van der Waals surface area contributed by atoms with E-state index in [9.17, 15) is 0 Å². The maximum Gasteiger partial charge on any atom is 0.194 e. The number of hydrogen-bond donors (Lipinski definition) is 1. The van der Waals surface area contributed by atoms with Crippen molar-refractivity contribution in [1.29, 1.82) is 0 Å². The lowest BCUT2D eigenvalue weighted by molar-refractivity contribution is 0.365. The normalized spacial score (nSPS) is 19.1. The molecule has 2 aromatic rings. The molecule has 0 atom stereocenters. The number of guanidine groups is 1. The summed E-state index contributed by atoms with van der Waals surface area (Å²) in [5, 5.41) is 15.7. The summed E-state index contributed by atoms with van der Waals surface area (Å²) in [7, 11) is 2.00. The summed E-state index contributed by atoms with van der Waals surface area (Å²) in [4.78, 5) is 9.82. The predicted molar refractivity (Wildman–Crippen MR) is 110 cm³/mol. The number of aliphatic imine (C=N–C) groups is 1. The summed E-state index contributed by atoms with van der Waals surface area (Å²) in [6.45, 7) is 6.60. The van der Waals surface area contributed by atoms with Crippen molar-refractivity contribution in [2.75, 3.05) is 31.1 Å². The lowest BCUT2D eigenvalue weighted by Crippen LogP contribution is -2.54. The van der Waals surface area contributed by atoms with Crippen LogP contribution in [0.25, 0.3) is 0 Å². The Morgan fingerprint density at radius 2 is 2.00 bits per heavy atom. The first-order chi connectivity index (χ1) is 13.2. The molecule has 2 fully saturated rings. The van der Waals surface area contributed by atoms with Gasteiger partial charge in [0.05, 0.1) is 5.00 Å². The molecular weight excluding hydrogens is 358 g/mol. The zero-order valence-corrected chi connectivity index (χ0v) is 17.1. The highest BCUT2D eigenvalue weighted by Crippen LogP contribution is 2.23. The van der Waals surface area contributed by atoms with Gasteiger partial charge in [-0.2, -0.15) is 0 Å². The van der Waals surface area contributed by atoms with Crippen LogP contribution in [0.3, 0.4) is 0 Å². The molecule has 0 radical (unpaired) electrons. The fraction of sp³-hybridized carbons (Fsp3) is 0.632. The molecule has 7 nitrogen and oxygen atoms in total. The van der Waals surface area contributed by atoms with Gasteiger partial charge in [-0.1, -0.05) is 12.8 Å². The van der Waals surface area contributed by atoms with E-state index in [1.165, 1.54) is 30.7 Å². The molecule has 2 aromatic heterocycles. The molecule has 0 unspecified atom stereocenters. The van der Waals surface area contributed by atoms with Crippen LogP contribution in [0.5, 0.6) is 0 Å². The Labute approximate surface area is 165 Å². The topological polar surface area (TPSA) is 61.6 Å². The molecule has 3 heterocycles. The van der Waals surface area contributed by atoms with Gasteiger partial charge in [-0.15, -0.1) is 21.5 Å². The van der Waals surface area contributed by atoms with Crippen LogP contribution in [0, 0.1) is 6.92 Å². The fourth-order valence-electron chi connectivity index (χ4n) is 3.81. The highest BCUT2D eigenvalue weighted by atomic mass is 32.1. The Morgan fingerprint density at radius 3 is 2.63 bits per heavy atom. The van der Waals surface area contributed by atoms with Crippen molar-refractivity contribution in [2.24, 2.45) is 12.0 Å². The molecule has 0 aromatic carbocycles. The maximum absolute atomic E-state index is 4.94. The fourth-order valence-corrected chi connectivity index (χ4v) is 4.60. The molecule has 1 saturated carbocycles. The van der Waals surface area contributed by atoms with Crippen molar-refractivity contribution in [3.8, 4) is 0 Å². The summed E-state index contributed by atoms with van der Waals surface area (Å²) >= 11 is 1.82. The first-order valence-corrected chi connectivity index (χ1v) is 10.8. The van der Waals surface area contributed by atoms with Crippen LogP contribution >= 0.6 is 11.3 Å². The minimum atomic E-state index is 0.556. The number of hydrogen-bond acceptors (Lipinski definition) is 5. The zero-order chi connectivity index (χ0) is 18.6. The lowest BCUT2D eigenvalue weighted by Gasteiger charge is -2.37. The summed E-state index contributed by atoms with van der Waals surface area (Å²) in [6, 6.07) is 4.90. The van der Waals surface area contributed by atoms with E-state index in [-0.39, 0.29) is 0 Å². The molecule has 1 saturated heterocycles. The van der Waals surface area contributed by atoms with E-state index in [1.807, 2.05) is 29.9 Å². The summed E-state index contributed by atoms with van der Waals surface area (Å²) in [5.41, 5.74) is 0. The summed E-state index contributed by atoms with van der Waals surface area (Å²) < 4.78 is 2.02. The van der Waals surface area contributed by atoms with E-state index in [4.69, 9.17) is 4.99 Å². The molecule has 4 rings (SSSR count). The Bertz CT molecular complexity index is 753. The first kappa shape index (κ1) is 18.3. The highest BCUT2D eigenvalue weighted by molar-refractivity contribution is 7.14. The van der Waals surface area contributed by atoms with Gasteiger partial charge in [0.15, 0.2) is 11.8 Å². The number of thiophene rings is 1. The van der Waals surface area contributed by atoms with Gasteiger partial charge < -0.3 is 19.7 Å². The Kier molecular flexibility index (Phi) is 5.61. The lowest BCUT2D eigenvalue weighted by atomic mass is 10.2. The van der Waals surface area contributed by atoms with Crippen molar-refractivity contribution in [3.63, 3.8) is 0 Å². The van der Waals surface area contributed by atoms with Crippen molar-refractivity contribution in [3.05, 3.63) is 29.2 Å². The van der Waals surface area contributed by atoms with Gasteiger partial charge in [0.2, 0.25) is 0 Å². The highest BCUT2D eigenvalue weighted by Gasteiger charge is 2.24. The van der Waals surface area contributed by atoms with E-state index in [0.717, 1.165) is 43.8 Å². The van der Waals surface area contributed by atoms with Crippen molar-refractivity contribution >= 4 is 22.3 Å². The predicted octanol–water partition coefficient (Wildman–Crippen LogP) is 2.40. The average molecular weight is 388 g/mol. The van der Waals surface area contributed by atoms with E-state index in [2.05, 4.69) is 42.8 Å². The molecule has 0 bridgehead atoms. The average Bonchev–Trinajstić information content (AvgIpc) is 3.44. The standard InChI is InChI=1S/C19H29N7S/c1-15-22-23-17(24(15)2)14-20-19(21-16-6-3-4-7-16)26-11-9-25(10-12-26)18-8-5-13-27-18/h5,8,13,16H,3-4,6-7,9-12,14H2,1-2H3,(H,20,21). The Balaban J connectivity index is 1.44. The van der Waals surface area contributed by atoms with E-state index in [0.29, 0.717) is 12.6 Å². The van der Waals surface area contributed by atoms with Gasteiger partial charge in [0.25, 0.3) is 0 Å². The third-order valence-corrected chi connectivity index (χ3v) is 6.57. The van der Waals surface area contributed by atoms with Crippen LogP contribution < -0.4 is 10.2 Å². The number of aryl methyl sites for hydroxylation is 1. The van der Waals surface area contributed by atoms with E-state index < -0.39 is 0 Å². The number of rotatable bonds is 4. The zero-order valence-electron chi connectivity index (χ0n) is 16.3. The van der Waals surface area contributed by atoms with Crippen LogP contribution in [0.4, 0.5) is 5.00 Å². The van der Waals surface area contributed by atoms with Crippen LogP contribution in [0.2, 0.25) is 0 Å². The minimum absolute atomic E-state index is 0.556. The minimum Gasteiger partial charge on any atom is -0.360 e. The molecule has 146 valence electrons. The number of piperazine rings is 1. The second-order valence-electron chi connectivity index (χ2n) is 7.41. The molecular formula is C19H29N7S. The van der Waals surface area contributed by atoms with E-state index >= 15 is 0 Å². The molecule has 0 spiro atoms. The Morgan fingerprint density at radius 1 is 1.22 bits per heavy atom. The third-order valence-electron chi connectivity index (χ3n) is 5.64. The maximum atomic E-state index is 4.94. The molecule has 27 heavy (non-hydrogen) atoms. The van der Waals surface area contributed by atoms with Crippen LogP contribution in [-0.4, -0.2) is 57.8 Å². The molecule has 8 heteroatoms. The van der Waals surface area contributed by atoms with Gasteiger partial charge in [-0.05, 0) is 37.3 Å². The van der Waals surface area contributed by atoms with Crippen LogP contribution in [0.15, 0.2) is 22.5 Å². The summed E-state index contributed by atoms with van der Waals surface area (Å²) in [6.07, 6.45) is 5.13. The second-order valence-corrected chi connectivity index (χ2v) is 8.34. The number of nitrogens with zero attached hydrogens (tertiary/aromatic N) is 6. The van der Waals surface area contributed by atoms with Crippen molar-refractivity contribution in [2.45, 2.75) is 45.2 Å². The largest absolute Gasteiger partial charge is 0.360 e. The Hall–Kier alpha value is -2.09. The first-order valence-electron chi connectivity index (χ1n) is 9.90. The van der Waals surface area contributed by atoms with Crippen LogP contribution in [-0.2, 0) is 13.6 Å². The van der Waals surface area contributed by atoms with Crippen LogP contribution in [0.1, 0.15) is 37.3 Å². The van der Waals surface area contributed by atoms with Gasteiger partial charge in [-0.3, -0.25) is 0 Å². The van der Waals surface area contributed by atoms with E-state index in [1.54, 1.807) is 0 Å². The van der Waals surface area contributed by atoms with Gasteiger partial charge >= 0.3 is 0 Å². The van der Waals surface area contributed by atoms with Crippen molar-refractivity contribution < 1.29 is 0 Å². The molecule has 1 aliphatic carbocycles. The smallest absolute Gasteiger partial charge is 0.194 e.